The lowest BCUT2D eigenvalue weighted by Crippen LogP contribution is -2.14. The molecule has 0 aliphatic heterocycles. The fourth-order valence-electron chi connectivity index (χ4n) is 1.90. The maximum Gasteiger partial charge on any atom is 0.164 e. The molecule has 0 unspecified atom stereocenters. The van der Waals surface area contributed by atoms with E-state index >= 15 is 0 Å². The topological polar surface area (TPSA) is 52.0 Å². The number of nitrogens with one attached hydrogen (secondary N) is 1. The first-order chi connectivity index (χ1) is 10.1. The Morgan fingerprint density at radius 2 is 1.95 bits per heavy atom. The van der Waals surface area contributed by atoms with Gasteiger partial charge in [-0.05, 0) is 30.0 Å². The maximum atomic E-state index is 5.71. The summed E-state index contributed by atoms with van der Waals surface area (Å²) in [5.74, 6) is 2.42. The van der Waals surface area contributed by atoms with E-state index in [2.05, 4.69) is 41.4 Å². The van der Waals surface area contributed by atoms with Crippen molar-refractivity contribution in [1.82, 2.24) is 20.1 Å². The molecule has 0 saturated carbocycles. The predicted molar refractivity (Wildman–Crippen MR) is 82.9 cm³/mol. The third kappa shape index (κ3) is 5.55. The summed E-state index contributed by atoms with van der Waals surface area (Å²) < 4.78 is 7.41. The number of rotatable bonds is 8. The third-order valence-corrected chi connectivity index (χ3v) is 3.15. The molecule has 0 saturated heterocycles. The molecule has 1 aromatic carbocycles. The molecule has 0 bridgehead atoms. The van der Waals surface area contributed by atoms with Gasteiger partial charge in [-0.1, -0.05) is 26.0 Å². The molecule has 0 amide bonds. The SMILES string of the molecule is CC(C)CCOc1ccc(CNCc2ncn(C)n2)cc1. The fourth-order valence-corrected chi connectivity index (χ4v) is 1.90. The van der Waals surface area contributed by atoms with E-state index in [1.54, 1.807) is 11.0 Å². The van der Waals surface area contributed by atoms with Gasteiger partial charge in [-0.25, -0.2) is 4.98 Å². The van der Waals surface area contributed by atoms with Crippen molar-refractivity contribution in [2.24, 2.45) is 13.0 Å². The van der Waals surface area contributed by atoms with Crippen LogP contribution in [0.1, 0.15) is 31.7 Å². The Kier molecular flexibility index (Phi) is 5.75. The Bertz CT molecular complexity index is 533. The van der Waals surface area contributed by atoms with Crippen LogP contribution in [0.3, 0.4) is 0 Å². The van der Waals surface area contributed by atoms with Gasteiger partial charge in [0.15, 0.2) is 5.82 Å². The van der Waals surface area contributed by atoms with Crippen LogP contribution in [0.25, 0.3) is 0 Å². The highest BCUT2D eigenvalue weighted by Crippen LogP contribution is 2.13. The Labute approximate surface area is 126 Å². The monoisotopic (exact) mass is 288 g/mol. The highest BCUT2D eigenvalue weighted by Gasteiger charge is 2.00. The summed E-state index contributed by atoms with van der Waals surface area (Å²) >= 11 is 0. The normalized spacial score (nSPS) is 11.0. The van der Waals surface area contributed by atoms with E-state index in [-0.39, 0.29) is 0 Å². The van der Waals surface area contributed by atoms with Crippen LogP contribution in [0.4, 0.5) is 0 Å². The highest BCUT2D eigenvalue weighted by molar-refractivity contribution is 5.27. The lowest BCUT2D eigenvalue weighted by atomic mass is 10.1. The van der Waals surface area contributed by atoms with Crippen LogP contribution in [-0.4, -0.2) is 21.4 Å². The summed E-state index contributed by atoms with van der Waals surface area (Å²) in [6.45, 7) is 6.65. The van der Waals surface area contributed by atoms with E-state index in [1.807, 2.05) is 19.2 Å². The molecule has 5 heteroatoms. The van der Waals surface area contributed by atoms with E-state index in [4.69, 9.17) is 4.74 Å². The second-order valence-electron chi connectivity index (χ2n) is 5.61. The van der Waals surface area contributed by atoms with Crippen LogP contribution in [0.5, 0.6) is 5.75 Å². The molecule has 2 rings (SSSR count). The second-order valence-corrected chi connectivity index (χ2v) is 5.61. The molecule has 1 aromatic heterocycles. The minimum Gasteiger partial charge on any atom is -0.494 e. The van der Waals surface area contributed by atoms with Gasteiger partial charge >= 0.3 is 0 Å². The molecule has 0 aliphatic rings. The van der Waals surface area contributed by atoms with Gasteiger partial charge in [0.1, 0.15) is 12.1 Å². The second kappa shape index (κ2) is 7.78. The molecule has 0 atom stereocenters. The number of aromatic nitrogens is 3. The zero-order valence-electron chi connectivity index (χ0n) is 13.0. The number of ether oxygens (including phenoxy) is 1. The molecule has 1 N–H and O–H groups in total. The molecule has 0 radical (unpaired) electrons. The van der Waals surface area contributed by atoms with Crippen molar-refractivity contribution < 1.29 is 4.74 Å². The van der Waals surface area contributed by atoms with Crippen molar-refractivity contribution in [3.05, 3.63) is 42.0 Å². The van der Waals surface area contributed by atoms with E-state index in [0.29, 0.717) is 12.5 Å². The van der Waals surface area contributed by atoms with Gasteiger partial charge in [-0.3, -0.25) is 4.68 Å². The van der Waals surface area contributed by atoms with Crippen LogP contribution in [0.2, 0.25) is 0 Å². The first kappa shape index (κ1) is 15.5. The summed E-state index contributed by atoms with van der Waals surface area (Å²) in [7, 11) is 1.87. The average Bonchev–Trinajstić information content (AvgIpc) is 2.86. The fraction of sp³-hybridized carbons (Fsp3) is 0.500. The molecular formula is C16H24N4O. The van der Waals surface area contributed by atoms with Gasteiger partial charge in [-0.2, -0.15) is 5.10 Å². The first-order valence-corrected chi connectivity index (χ1v) is 7.40. The molecule has 1 heterocycles. The smallest absolute Gasteiger partial charge is 0.164 e. The minimum atomic E-state index is 0.674. The lowest BCUT2D eigenvalue weighted by Gasteiger charge is -2.09. The maximum absolute atomic E-state index is 5.71. The molecule has 5 nitrogen and oxygen atoms in total. The van der Waals surface area contributed by atoms with Crippen molar-refractivity contribution in [2.75, 3.05) is 6.61 Å². The summed E-state index contributed by atoms with van der Waals surface area (Å²) in [5, 5.41) is 7.56. The van der Waals surface area contributed by atoms with Crippen LogP contribution >= 0.6 is 0 Å². The van der Waals surface area contributed by atoms with Crippen LogP contribution < -0.4 is 10.1 Å². The van der Waals surface area contributed by atoms with Crippen LogP contribution in [0.15, 0.2) is 30.6 Å². The van der Waals surface area contributed by atoms with Crippen LogP contribution in [0, 0.1) is 5.92 Å². The van der Waals surface area contributed by atoms with E-state index < -0.39 is 0 Å². The number of hydrogen-bond acceptors (Lipinski definition) is 4. The van der Waals surface area contributed by atoms with Gasteiger partial charge in [0, 0.05) is 13.6 Å². The van der Waals surface area contributed by atoms with Gasteiger partial charge in [0.25, 0.3) is 0 Å². The summed E-state index contributed by atoms with van der Waals surface area (Å²) in [6, 6.07) is 8.22. The van der Waals surface area contributed by atoms with E-state index in [1.165, 1.54) is 5.56 Å². The van der Waals surface area contributed by atoms with Crippen molar-refractivity contribution in [2.45, 2.75) is 33.4 Å². The molecule has 21 heavy (non-hydrogen) atoms. The van der Waals surface area contributed by atoms with E-state index in [9.17, 15) is 0 Å². The Morgan fingerprint density at radius 1 is 1.19 bits per heavy atom. The van der Waals surface area contributed by atoms with Gasteiger partial charge in [0.05, 0.1) is 13.2 Å². The Hall–Kier alpha value is -1.88. The van der Waals surface area contributed by atoms with E-state index in [0.717, 1.165) is 31.1 Å². The molecule has 114 valence electrons. The highest BCUT2D eigenvalue weighted by atomic mass is 16.5. The molecule has 2 aromatic rings. The number of hydrogen-bond donors (Lipinski definition) is 1. The lowest BCUT2D eigenvalue weighted by molar-refractivity contribution is 0.289. The number of aryl methyl sites for hydroxylation is 1. The molecular weight excluding hydrogens is 264 g/mol. The van der Waals surface area contributed by atoms with Gasteiger partial charge in [0.2, 0.25) is 0 Å². The predicted octanol–water partition coefficient (Wildman–Crippen LogP) is 2.53. The third-order valence-electron chi connectivity index (χ3n) is 3.15. The summed E-state index contributed by atoms with van der Waals surface area (Å²) in [6.07, 6.45) is 2.79. The zero-order valence-corrected chi connectivity index (χ0v) is 13.0. The minimum absolute atomic E-state index is 0.674. The Morgan fingerprint density at radius 3 is 2.57 bits per heavy atom. The van der Waals surface area contributed by atoms with Crippen LogP contribution in [-0.2, 0) is 20.1 Å². The summed E-state index contributed by atoms with van der Waals surface area (Å²) in [5.41, 5.74) is 1.22. The Balaban J connectivity index is 1.72. The van der Waals surface area contributed by atoms with Crippen molar-refractivity contribution >= 4 is 0 Å². The number of benzene rings is 1. The first-order valence-electron chi connectivity index (χ1n) is 7.40. The molecule has 0 aliphatic carbocycles. The average molecular weight is 288 g/mol. The van der Waals surface area contributed by atoms with Crippen molar-refractivity contribution in [3.8, 4) is 5.75 Å². The molecule has 0 spiro atoms. The van der Waals surface area contributed by atoms with Crippen molar-refractivity contribution in [1.29, 1.82) is 0 Å². The largest absolute Gasteiger partial charge is 0.494 e. The summed E-state index contributed by atoms with van der Waals surface area (Å²) in [4.78, 5) is 4.18. The van der Waals surface area contributed by atoms with Gasteiger partial charge in [-0.15, -0.1) is 0 Å². The molecule has 0 fully saturated rings. The standard InChI is InChI=1S/C16H24N4O/c1-13(2)8-9-21-15-6-4-14(5-7-15)10-17-11-16-18-12-20(3)19-16/h4-7,12-13,17H,8-11H2,1-3H3. The number of nitrogens with zero attached hydrogens (tertiary/aromatic N) is 3. The van der Waals surface area contributed by atoms with Gasteiger partial charge < -0.3 is 10.1 Å². The van der Waals surface area contributed by atoms with Crippen molar-refractivity contribution in [3.63, 3.8) is 0 Å². The quantitative estimate of drug-likeness (QED) is 0.811. The zero-order chi connectivity index (χ0) is 15.1.